The summed E-state index contributed by atoms with van der Waals surface area (Å²) in [5, 5.41) is 2.84. The first-order valence-electron chi connectivity index (χ1n) is 5.87. The number of carbonyl (C=O) groups is 1. The fourth-order valence-corrected chi connectivity index (χ4v) is 1.54. The van der Waals surface area contributed by atoms with E-state index in [0.717, 1.165) is 12.0 Å². The van der Waals surface area contributed by atoms with Gasteiger partial charge in [-0.2, -0.15) is 0 Å². The van der Waals surface area contributed by atoms with E-state index in [2.05, 4.69) is 5.32 Å². The molecule has 4 heteroatoms. The van der Waals surface area contributed by atoms with Gasteiger partial charge in [0.2, 0.25) is 5.91 Å². The lowest BCUT2D eigenvalue weighted by atomic mass is 10.1. The van der Waals surface area contributed by atoms with Gasteiger partial charge in [0.25, 0.3) is 0 Å². The average molecular weight is 236 g/mol. The molecule has 0 atom stereocenters. The van der Waals surface area contributed by atoms with Gasteiger partial charge in [-0.3, -0.25) is 4.79 Å². The summed E-state index contributed by atoms with van der Waals surface area (Å²) in [5.74, 6) is -0.0225. The number of hydrogen-bond donors (Lipinski definition) is 2. The zero-order chi connectivity index (χ0) is 12.7. The van der Waals surface area contributed by atoms with E-state index >= 15 is 0 Å². The lowest BCUT2D eigenvalue weighted by Crippen LogP contribution is -2.14. The lowest BCUT2D eigenvalue weighted by Gasteiger charge is -2.10. The Hall–Kier alpha value is -1.55. The number of hydrogen-bond acceptors (Lipinski definition) is 3. The van der Waals surface area contributed by atoms with Gasteiger partial charge >= 0.3 is 0 Å². The molecule has 0 aliphatic carbocycles. The van der Waals surface area contributed by atoms with Crippen LogP contribution in [0, 0.1) is 6.92 Å². The predicted molar refractivity (Wildman–Crippen MR) is 69.9 cm³/mol. The van der Waals surface area contributed by atoms with Crippen LogP contribution in [0.2, 0.25) is 0 Å². The number of nitrogen functional groups attached to an aromatic ring is 1. The number of amides is 1. The largest absolute Gasteiger partial charge is 0.397 e. The Labute approximate surface area is 102 Å². The van der Waals surface area contributed by atoms with Crippen molar-refractivity contribution in [2.24, 2.45) is 0 Å². The minimum absolute atomic E-state index is 0.0225. The number of para-hydroxylation sites is 1. The molecule has 4 nitrogen and oxygen atoms in total. The second-order valence-corrected chi connectivity index (χ2v) is 3.89. The molecule has 0 aromatic heterocycles. The van der Waals surface area contributed by atoms with Crippen LogP contribution in [0.15, 0.2) is 18.2 Å². The van der Waals surface area contributed by atoms with E-state index in [1.54, 1.807) is 6.07 Å². The first-order valence-corrected chi connectivity index (χ1v) is 5.87. The van der Waals surface area contributed by atoms with Crippen LogP contribution < -0.4 is 11.1 Å². The highest BCUT2D eigenvalue weighted by Gasteiger charge is 2.07. The number of nitrogens with two attached hydrogens (primary N) is 1. The smallest absolute Gasteiger partial charge is 0.224 e. The van der Waals surface area contributed by atoms with E-state index in [1.807, 2.05) is 26.0 Å². The Morgan fingerprint density at radius 3 is 2.88 bits per heavy atom. The summed E-state index contributed by atoms with van der Waals surface area (Å²) in [6.45, 7) is 5.17. The molecule has 0 radical (unpaired) electrons. The van der Waals surface area contributed by atoms with Crippen molar-refractivity contribution in [3.63, 3.8) is 0 Å². The molecule has 0 aliphatic rings. The molecule has 1 aromatic carbocycles. The van der Waals surface area contributed by atoms with E-state index in [0.29, 0.717) is 31.0 Å². The number of aryl methyl sites for hydroxylation is 1. The van der Waals surface area contributed by atoms with Gasteiger partial charge in [-0.25, -0.2) is 0 Å². The molecule has 3 N–H and O–H groups in total. The second-order valence-electron chi connectivity index (χ2n) is 3.89. The monoisotopic (exact) mass is 236 g/mol. The Morgan fingerprint density at radius 2 is 2.24 bits per heavy atom. The number of benzene rings is 1. The van der Waals surface area contributed by atoms with Crippen LogP contribution in [-0.4, -0.2) is 19.1 Å². The Morgan fingerprint density at radius 1 is 1.47 bits per heavy atom. The summed E-state index contributed by atoms with van der Waals surface area (Å²) in [6.07, 6.45) is 1.18. The summed E-state index contributed by atoms with van der Waals surface area (Å²) >= 11 is 0. The minimum atomic E-state index is -0.0225. The Bertz CT molecular complexity index is 357. The molecular formula is C13H20N2O2. The van der Waals surface area contributed by atoms with Gasteiger partial charge < -0.3 is 15.8 Å². The number of ether oxygens (including phenoxy) is 1. The zero-order valence-electron chi connectivity index (χ0n) is 10.5. The molecule has 0 fully saturated rings. The van der Waals surface area contributed by atoms with Gasteiger partial charge in [-0.05, 0) is 31.9 Å². The molecule has 0 spiro atoms. The molecular weight excluding hydrogens is 216 g/mol. The molecule has 0 saturated heterocycles. The van der Waals surface area contributed by atoms with Gasteiger partial charge in [0.1, 0.15) is 0 Å². The van der Waals surface area contributed by atoms with E-state index in [-0.39, 0.29) is 5.91 Å². The topological polar surface area (TPSA) is 64.3 Å². The van der Waals surface area contributed by atoms with Crippen molar-refractivity contribution >= 4 is 17.3 Å². The van der Waals surface area contributed by atoms with Crippen molar-refractivity contribution < 1.29 is 9.53 Å². The third-order valence-electron chi connectivity index (χ3n) is 2.47. The third-order valence-corrected chi connectivity index (χ3v) is 2.47. The number of rotatable bonds is 6. The van der Waals surface area contributed by atoms with E-state index in [4.69, 9.17) is 10.5 Å². The molecule has 0 bridgehead atoms. The van der Waals surface area contributed by atoms with Crippen LogP contribution in [0.25, 0.3) is 0 Å². The molecule has 0 saturated carbocycles. The Kier molecular flexibility index (Phi) is 5.49. The summed E-state index contributed by atoms with van der Waals surface area (Å²) in [5.41, 5.74) is 8.10. The first-order chi connectivity index (χ1) is 8.15. The molecule has 0 unspecified atom stereocenters. The van der Waals surface area contributed by atoms with Crippen molar-refractivity contribution in [2.45, 2.75) is 26.7 Å². The average Bonchev–Trinajstić information content (AvgIpc) is 2.30. The van der Waals surface area contributed by atoms with Crippen LogP contribution >= 0.6 is 0 Å². The maximum atomic E-state index is 11.7. The molecule has 94 valence electrons. The zero-order valence-corrected chi connectivity index (χ0v) is 10.5. The highest BCUT2D eigenvalue weighted by atomic mass is 16.5. The van der Waals surface area contributed by atoms with E-state index < -0.39 is 0 Å². The molecule has 0 aliphatic heterocycles. The predicted octanol–water partition coefficient (Wildman–Crippen LogP) is 2.33. The summed E-state index contributed by atoms with van der Waals surface area (Å²) in [7, 11) is 0. The maximum Gasteiger partial charge on any atom is 0.224 e. The summed E-state index contributed by atoms with van der Waals surface area (Å²) in [4.78, 5) is 11.7. The Balaban J connectivity index is 2.45. The normalized spacial score (nSPS) is 10.2. The molecule has 1 aromatic rings. The first kappa shape index (κ1) is 13.5. The fourth-order valence-electron chi connectivity index (χ4n) is 1.54. The van der Waals surface area contributed by atoms with Gasteiger partial charge in [-0.1, -0.05) is 12.1 Å². The minimum Gasteiger partial charge on any atom is -0.397 e. The van der Waals surface area contributed by atoms with Crippen molar-refractivity contribution in [2.75, 3.05) is 24.3 Å². The van der Waals surface area contributed by atoms with Crippen LogP contribution in [0.1, 0.15) is 25.3 Å². The van der Waals surface area contributed by atoms with Crippen LogP contribution in [0.3, 0.4) is 0 Å². The quantitative estimate of drug-likeness (QED) is 0.588. The SMILES string of the molecule is CCOCCCC(=O)Nc1c(C)cccc1N. The van der Waals surface area contributed by atoms with E-state index in [1.165, 1.54) is 0 Å². The lowest BCUT2D eigenvalue weighted by molar-refractivity contribution is -0.116. The van der Waals surface area contributed by atoms with Crippen molar-refractivity contribution in [3.05, 3.63) is 23.8 Å². The van der Waals surface area contributed by atoms with Gasteiger partial charge in [0, 0.05) is 19.6 Å². The maximum absolute atomic E-state index is 11.7. The number of nitrogens with one attached hydrogen (secondary N) is 1. The van der Waals surface area contributed by atoms with Crippen LogP contribution in [0.4, 0.5) is 11.4 Å². The molecule has 1 amide bonds. The van der Waals surface area contributed by atoms with Crippen molar-refractivity contribution in [1.29, 1.82) is 0 Å². The highest BCUT2D eigenvalue weighted by molar-refractivity contribution is 5.94. The van der Waals surface area contributed by atoms with Gasteiger partial charge in [-0.15, -0.1) is 0 Å². The van der Waals surface area contributed by atoms with Crippen molar-refractivity contribution in [3.8, 4) is 0 Å². The second kappa shape index (κ2) is 6.91. The van der Waals surface area contributed by atoms with Crippen LogP contribution in [0.5, 0.6) is 0 Å². The summed E-state index contributed by atoms with van der Waals surface area (Å²) < 4.78 is 5.18. The number of anilines is 2. The van der Waals surface area contributed by atoms with E-state index in [9.17, 15) is 4.79 Å². The van der Waals surface area contributed by atoms with Gasteiger partial charge in [0.15, 0.2) is 0 Å². The van der Waals surface area contributed by atoms with Crippen LogP contribution in [-0.2, 0) is 9.53 Å². The fraction of sp³-hybridized carbons (Fsp3) is 0.462. The highest BCUT2D eigenvalue weighted by Crippen LogP contribution is 2.22. The molecule has 17 heavy (non-hydrogen) atoms. The van der Waals surface area contributed by atoms with Crippen molar-refractivity contribution in [1.82, 2.24) is 0 Å². The molecule has 1 rings (SSSR count). The number of carbonyl (C=O) groups excluding carboxylic acids is 1. The molecule has 0 heterocycles. The third kappa shape index (κ3) is 4.44. The summed E-state index contributed by atoms with van der Waals surface area (Å²) in [6, 6.07) is 5.57. The van der Waals surface area contributed by atoms with Gasteiger partial charge in [0.05, 0.1) is 11.4 Å². The standard InChI is InChI=1S/C13H20N2O2/c1-3-17-9-5-8-12(16)15-13-10(2)6-4-7-11(13)14/h4,6-7H,3,5,8-9,14H2,1-2H3,(H,15,16).